The standard InChI is InChI=1S/C22H28FNO6/c1-19-6-5-12(26)7-11(19)3-4-13-14-8-15(18(24)29)22(30,17(28)10-25)20(14,2)9-16(27)21(13,19)23/h5-7,13-16,25,27,30H,3-4,8-10H2,1-2H3,(H2,24,29)/t13-,14-,15-,16-,19-,20-,21-,22-/m0/s1. The first-order valence-corrected chi connectivity index (χ1v) is 10.3. The molecule has 7 nitrogen and oxygen atoms in total. The summed E-state index contributed by atoms with van der Waals surface area (Å²) in [5, 5.41) is 32.1. The molecule has 0 unspecified atom stereocenters. The van der Waals surface area contributed by atoms with E-state index in [0.717, 1.165) is 0 Å². The fourth-order valence-corrected chi connectivity index (χ4v) is 7.21. The molecular formula is C22H28FNO6. The second-order valence-electron chi connectivity index (χ2n) is 9.80. The summed E-state index contributed by atoms with van der Waals surface area (Å²) in [7, 11) is 0. The molecule has 4 aliphatic carbocycles. The number of alkyl halides is 1. The first kappa shape index (κ1) is 21.3. The van der Waals surface area contributed by atoms with Gasteiger partial charge in [0, 0.05) is 16.7 Å². The highest BCUT2D eigenvalue weighted by Crippen LogP contribution is 2.70. The van der Waals surface area contributed by atoms with Crippen LogP contribution in [0.2, 0.25) is 0 Å². The van der Waals surface area contributed by atoms with Crippen LogP contribution in [-0.4, -0.2) is 56.8 Å². The highest BCUT2D eigenvalue weighted by molar-refractivity contribution is 6.01. The molecule has 8 atom stereocenters. The maximum Gasteiger partial charge on any atom is 0.223 e. The number of amides is 1. The van der Waals surface area contributed by atoms with Gasteiger partial charge in [-0.2, -0.15) is 0 Å². The number of carbonyl (C=O) groups excluding carboxylic acids is 3. The summed E-state index contributed by atoms with van der Waals surface area (Å²) in [5.74, 6) is -4.73. The van der Waals surface area contributed by atoms with Crippen molar-refractivity contribution in [2.75, 3.05) is 6.61 Å². The molecule has 0 aliphatic heterocycles. The van der Waals surface area contributed by atoms with E-state index >= 15 is 4.39 Å². The summed E-state index contributed by atoms with van der Waals surface area (Å²) >= 11 is 0. The van der Waals surface area contributed by atoms with E-state index in [9.17, 15) is 29.7 Å². The van der Waals surface area contributed by atoms with Crippen LogP contribution in [0.1, 0.15) is 39.5 Å². The molecular weight excluding hydrogens is 393 g/mol. The van der Waals surface area contributed by atoms with E-state index in [1.165, 1.54) is 18.2 Å². The monoisotopic (exact) mass is 421 g/mol. The summed E-state index contributed by atoms with van der Waals surface area (Å²) in [6.07, 6.45) is 3.12. The van der Waals surface area contributed by atoms with Crippen LogP contribution >= 0.6 is 0 Å². The molecule has 0 heterocycles. The summed E-state index contributed by atoms with van der Waals surface area (Å²) in [6.45, 7) is 2.25. The van der Waals surface area contributed by atoms with Gasteiger partial charge in [-0.05, 0) is 50.7 Å². The third-order valence-corrected chi connectivity index (χ3v) is 8.81. The molecule has 0 aromatic carbocycles. The van der Waals surface area contributed by atoms with Gasteiger partial charge in [-0.3, -0.25) is 14.4 Å². The molecule has 164 valence electrons. The zero-order valence-electron chi connectivity index (χ0n) is 17.1. The molecule has 0 spiro atoms. The van der Waals surface area contributed by atoms with Gasteiger partial charge >= 0.3 is 0 Å². The Bertz CT molecular complexity index is 900. The van der Waals surface area contributed by atoms with Gasteiger partial charge < -0.3 is 21.1 Å². The lowest BCUT2D eigenvalue weighted by Gasteiger charge is -2.62. The molecule has 0 aromatic heterocycles. The van der Waals surface area contributed by atoms with Crippen LogP contribution in [0.3, 0.4) is 0 Å². The van der Waals surface area contributed by atoms with Gasteiger partial charge in [0.15, 0.2) is 17.2 Å². The number of primary amides is 1. The highest BCUT2D eigenvalue weighted by atomic mass is 19.1. The largest absolute Gasteiger partial charge is 0.390 e. The Morgan fingerprint density at radius 1 is 1.30 bits per heavy atom. The van der Waals surface area contributed by atoms with Crippen molar-refractivity contribution in [2.45, 2.75) is 56.9 Å². The number of carbonyl (C=O) groups is 3. The van der Waals surface area contributed by atoms with Crippen molar-refractivity contribution < 1.29 is 34.1 Å². The minimum Gasteiger partial charge on any atom is -0.390 e. The maximum atomic E-state index is 16.9. The number of rotatable bonds is 3. The molecule has 8 heteroatoms. The Morgan fingerprint density at radius 3 is 2.57 bits per heavy atom. The fourth-order valence-electron chi connectivity index (χ4n) is 7.21. The van der Waals surface area contributed by atoms with Crippen molar-refractivity contribution in [1.82, 2.24) is 0 Å². The van der Waals surface area contributed by atoms with E-state index < -0.39 is 64.3 Å². The smallest absolute Gasteiger partial charge is 0.223 e. The number of allylic oxidation sites excluding steroid dienone is 4. The van der Waals surface area contributed by atoms with Gasteiger partial charge in [-0.1, -0.05) is 18.6 Å². The zero-order valence-corrected chi connectivity index (χ0v) is 17.1. The number of aliphatic hydroxyl groups excluding tert-OH is 2. The number of hydrogen-bond donors (Lipinski definition) is 4. The number of nitrogens with two attached hydrogens (primary N) is 1. The van der Waals surface area contributed by atoms with Gasteiger partial charge in [0.25, 0.3) is 0 Å². The normalized spacial score (nSPS) is 49.7. The summed E-state index contributed by atoms with van der Waals surface area (Å²) < 4.78 is 16.9. The number of hydrogen-bond acceptors (Lipinski definition) is 6. The maximum absolute atomic E-state index is 16.9. The van der Waals surface area contributed by atoms with Gasteiger partial charge in [0.05, 0.1) is 12.0 Å². The zero-order chi connectivity index (χ0) is 22.3. The number of fused-ring (bicyclic) bond motifs is 5. The van der Waals surface area contributed by atoms with Crippen LogP contribution in [-0.2, 0) is 14.4 Å². The highest BCUT2D eigenvalue weighted by Gasteiger charge is 2.76. The van der Waals surface area contributed by atoms with E-state index in [0.29, 0.717) is 18.4 Å². The Balaban J connectivity index is 1.87. The van der Waals surface area contributed by atoms with Gasteiger partial charge in [-0.15, -0.1) is 0 Å². The third kappa shape index (κ3) is 2.22. The Labute approximate surface area is 173 Å². The molecule has 3 fully saturated rings. The van der Waals surface area contributed by atoms with E-state index in [1.807, 2.05) is 0 Å². The van der Waals surface area contributed by atoms with Crippen LogP contribution in [0.5, 0.6) is 0 Å². The number of halogens is 1. The van der Waals surface area contributed by atoms with Crippen LogP contribution < -0.4 is 5.73 Å². The first-order valence-electron chi connectivity index (χ1n) is 10.3. The quantitative estimate of drug-likeness (QED) is 0.519. The van der Waals surface area contributed by atoms with Crippen molar-refractivity contribution in [1.29, 1.82) is 0 Å². The SMILES string of the molecule is C[C@]12C=CC(=O)C=C1CC[C@H]1[C@@H]3C[C@@H](C(N)=O)[C@](O)(C(=O)CO)[C@@]3(C)C[C@H](O)[C@@]12F. The van der Waals surface area contributed by atoms with Crippen LogP contribution in [0.15, 0.2) is 23.8 Å². The molecule has 30 heavy (non-hydrogen) atoms. The molecule has 1 amide bonds. The van der Waals surface area contributed by atoms with Gasteiger partial charge in [0.1, 0.15) is 12.2 Å². The molecule has 0 bridgehead atoms. The van der Waals surface area contributed by atoms with E-state index in [-0.39, 0.29) is 18.6 Å². The minimum absolute atomic E-state index is 0.00506. The molecule has 4 rings (SSSR count). The summed E-state index contributed by atoms with van der Waals surface area (Å²) in [5.41, 5.74) is -0.847. The predicted molar refractivity (Wildman–Crippen MR) is 103 cm³/mol. The summed E-state index contributed by atoms with van der Waals surface area (Å²) in [6, 6.07) is 0. The molecule has 0 radical (unpaired) electrons. The van der Waals surface area contributed by atoms with Crippen molar-refractivity contribution in [3.8, 4) is 0 Å². The lowest BCUT2D eigenvalue weighted by molar-refractivity contribution is -0.219. The summed E-state index contributed by atoms with van der Waals surface area (Å²) in [4.78, 5) is 36.7. The average molecular weight is 421 g/mol. The lowest BCUT2D eigenvalue weighted by atomic mass is 9.44. The van der Waals surface area contributed by atoms with Gasteiger partial charge in [-0.25, -0.2) is 4.39 Å². The number of ketones is 2. The lowest BCUT2D eigenvalue weighted by Crippen LogP contribution is -2.69. The van der Waals surface area contributed by atoms with Gasteiger partial charge in [0.2, 0.25) is 5.91 Å². The predicted octanol–water partition coefficient (Wildman–Crippen LogP) is 0.361. The fraction of sp³-hybridized carbons (Fsp3) is 0.682. The van der Waals surface area contributed by atoms with E-state index in [2.05, 4.69) is 0 Å². The van der Waals surface area contributed by atoms with E-state index in [1.54, 1.807) is 13.8 Å². The second-order valence-corrected chi connectivity index (χ2v) is 9.80. The minimum atomic E-state index is -2.28. The Morgan fingerprint density at radius 2 is 1.97 bits per heavy atom. The molecule has 4 aliphatic rings. The topological polar surface area (TPSA) is 138 Å². The van der Waals surface area contributed by atoms with E-state index in [4.69, 9.17) is 5.73 Å². The molecule has 0 aromatic rings. The Hall–Kier alpha value is -1.90. The van der Waals surface area contributed by atoms with Crippen LogP contribution in [0.25, 0.3) is 0 Å². The number of aliphatic hydroxyl groups is 3. The second kappa shape index (κ2) is 6.31. The van der Waals surface area contributed by atoms with Crippen LogP contribution in [0, 0.1) is 28.6 Å². The van der Waals surface area contributed by atoms with Crippen molar-refractivity contribution in [3.63, 3.8) is 0 Å². The third-order valence-electron chi connectivity index (χ3n) is 8.81. The first-order chi connectivity index (χ1) is 13.9. The average Bonchev–Trinajstić information content (AvgIpc) is 2.92. The molecule has 3 saturated carbocycles. The van der Waals surface area contributed by atoms with Crippen molar-refractivity contribution in [2.24, 2.45) is 34.3 Å². The number of Topliss-reactive ketones (excluding diaryl/α,β-unsaturated/α-hetero) is 1. The van der Waals surface area contributed by atoms with Crippen LogP contribution in [0.4, 0.5) is 4.39 Å². The Kier molecular flexibility index (Phi) is 4.49. The van der Waals surface area contributed by atoms with Crippen molar-refractivity contribution in [3.05, 3.63) is 23.8 Å². The molecule has 0 saturated heterocycles. The van der Waals surface area contributed by atoms with Crippen molar-refractivity contribution >= 4 is 17.5 Å². The molecule has 5 N–H and O–H groups in total.